The van der Waals surface area contributed by atoms with Gasteiger partial charge in [0.1, 0.15) is 5.15 Å². The highest BCUT2D eigenvalue weighted by molar-refractivity contribution is 7.91. The van der Waals surface area contributed by atoms with Crippen LogP contribution in [0.5, 0.6) is 0 Å². The molecule has 1 N–H and O–H groups in total. The molecule has 1 saturated heterocycles. The van der Waals surface area contributed by atoms with Gasteiger partial charge in [-0.25, -0.2) is 13.2 Å². The molecule has 1 fully saturated rings. The number of sulfone groups is 1. The van der Waals surface area contributed by atoms with Crippen LogP contribution >= 0.6 is 11.6 Å². The highest BCUT2D eigenvalue weighted by Crippen LogP contribution is 2.28. The number of halogens is 1. The zero-order valence-electron chi connectivity index (χ0n) is 11.4. The van der Waals surface area contributed by atoms with E-state index in [1.54, 1.807) is 6.92 Å². The first-order valence-electron chi connectivity index (χ1n) is 6.45. The number of nitrogens with zero attached hydrogens (tertiary/aromatic N) is 1. The van der Waals surface area contributed by atoms with Gasteiger partial charge in [-0.1, -0.05) is 24.9 Å². The lowest BCUT2D eigenvalue weighted by Gasteiger charge is -2.24. The van der Waals surface area contributed by atoms with E-state index in [1.165, 1.54) is 0 Å². The molecule has 0 aromatic carbocycles. The Kier molecular flexibility index (Phi) is 3.85. The SMILES string of the molecule is CCCc1c(Cl)[nH]c(=O)n(C2(C)CCS(=O)(=O)C2)c1=O. The summed E-state index contributed by atoms with van der Waals surface area (Å²) in [7, 11) is -3.22. The molecule has 20 heavy (non-hydrogen) atoms. The van der Waals surface area contributed by atoms with Crippen molar-refractivity contribution in [2.45, 2.75) is 38.6 Å². The van der Waals surface area contributed by atoms with Gasteiger partial charge in [0.15, 0.2) is 9.84 Å². The molecule has 1 aromatic rings. The van der Waals surface area contributed by atoms with Crippen LogP contribution in [0.4, 0.5) is 0 Å². The van der Waals surface area contributed by atoms with E-state index in [0.717, 1.165) is 4.57 Å². The van der Waals surface area contributed by atoms with Gasteiger partial charge in [0, 0.05) is 0 Å². The zero-order chi connectivity index (χ0) is 15.1. The summed E-state index contributed by atoms with van der Waals surface area (Å²) in [5.74, 6) is -0.211. The van der Waals surface area contributed by atoms with Gasteiger partial charge in [-0.2, -0.15) is 0 Å². The van der Waals surface area contributed by atoms with E-state index in [0.29, 0.717) is 18.4 Å². The molecule has 1 aromatic heterocycles. The van der Waals surface area contributed by atoms with Gasteiger partial charge in [-0.15, -0.1) is 0 Å². The fraction of sp³-hybridized carbons (Fsp3) is 0.667. The van der Waals surface area contributed by atoms with Crippen LogP contribution in [0, 0.1) is 0 Å². The monoisotopic (exact) mass is 320 g/mol. The van der Waals surface area contributed by atoms with Gasteiger partial charge in [-0.3, -0.25) is 14.3 Å². The van der Waals surface area contributed by atoms with Crippen molar-refractivity contribution in [2.24, 2.45) is 0 Å². The van der Waals surface area contributed by atoms with Crippen LogP contribution in [-0.4, -0.2) is 29.5 Å². The quantitative estimate of drug-likeness (QED) is 0.829. The van der Waals surface area contributed by atoms with Crippen molar-refractivity contribution in [3.05, 3.63) is 31.6 Å². The third-order valence-corrected chi connectivity index (χ3v) is 5.88. The van der Waals surface area contributed by atoms with Gasteiger partial charge in [-0.05, 0) is 19.8 Å². The largest absolute Gasteiger partial charge is 0.330 e. The fourth-order valence-corrected chi connectivity index (χ4v) is 5.05. The van der Waals surface area contributed by atoms with Crippen LogP contribution in [0.2, 0.25) is 5.15 Å². The van der Waals surface area contributed by atoms with Gasteiger partial charge < -0.3 is 0 Å². The zero-order valence-corrected chi connectivity index (χ0v) is 13.0. The summed E-state index contributed by atoms with van der Waals surface area (Å²) in [6.45, 7) is 3.52. The van der Waals surface area contributed by atoms with Crippen molar-refractivity contribution in [3.8, 4) is 0 Å². The number of rotatable bonds is 3. The van der Waals surface area contributed by atoms with Crippen LogP contribution < -0.4 is 11.2 Å². The molecule has 0 aliphatic carbocycles. The summed E-state index contributed by atoms with van der Waals surface area (Å²) in [6.07, 6.45) is 1.40. The molecule has 2 rings (SSSR count). The van der Waals surface area contributed by atoms with Gasteiger partial charge >= 0.3 is 5.69 Å². The Hall–Kier alpha value is -1.08. The Morgan fingerprint density at radius 1 is 1.40 bits per heavy atom. The molecule has 2 heterocycles. The Morgan fingerprint density at radius 3 is 2.55 bits per heavy atom. The summed E-state index contributed by atoms with van der Waals surface area (Å²) in [5.41, 5.74) is -1.81. The lowest BCUT2D eigenvalue weighted by Crippen LogP contribution is -2.49. The Labute approximate surface area is 121 Å². The standard InChI is InChI=1S/C12H17ClN2O4S/c1-3-4-8-9(13)14-11(17)15(10(8)16)12(2)5-6-20(18,19)7-12/h3-7H2,1-2H3,(H,14,17). The van der Waals surface area contributed by atoms with E-state index in [1.807, 2.05) is 6.92 Å². The summed E-state index contributed by atoms with van der Waals surface area (Å²) in [5, 5.41) is 0.0440. The van der Waals surface area contributed by atoms with E-state index in [2.05, 4.69) is 4.98 Å². The van der Waals surface area contributed by atoms with Gasteiger partial charge in [0.2, 0.25) is 0 Å². The smallest absolute Gasteiger partial charge is 0.297 e. The topological polar surface area (TPSA) is 89.0 Å². The van der Waals surface area contributed by atoms with E-state index in [4.69, 9.17) is 11.6 Å². The third kappa shape index (κ3) is 2.56. The van der Waals surface area contributed by atoms with Crippen molar-refractivity contribution in [1.82, 2.24) is 9.55 Å². The number of hydrogen-bond donors (Lipinski definition) is 1. The minimum Gasteiger partial charge on any atom is -0.297 e. The summed E-state index contributed by atoms with van der Waals surface area (Å²) in [4.78, 5) is 27.0. The maximum absolute atomic E-state index is 12.5. The van der Waals surface area contributed by atoms with Crippen LogP contribution in [0.3, 0.4) is 0 Å². The van der Waals surface area contributed by atoms with Crippen molar-refractivity contribution in [2.75, 3.05) is 11.5 Å². The fourth-order valence-electron chi connectivity index (χ4n) is 2.67. The Balaban J connectivity index is 2.67. The number of hydrogen-bond acceptors (Lipinski definition) is 4. The molecule has 1 aliphatic heterocycles. The van der Waals surface area contributed by atoms with E-state index in [-0.39, 0.29) is 23.1 Å². The van der Waals surface area contributed by atoms with Crippen molar-refractivity contribution in [3.63, 3.8) is 0 Å². The minimum absolute atomic E-state index is 0.0128. The Bertz CT molecular complexity index is 750. The highest BCUT2D eigenvalue weighted by atomic mass is 35.5. The van der Waals surface area contributed by atoms with E-state index in [9.17, 15) is 18.0 Å². The van der Waals surface area contributed by atoms with E-state index >= 15 is 0 Å². The number of H-pyrrole nitrogens is 1. The lowest BCUT2D eigenvalue weighted by molar-refractivity contribution is 0.337. The third-order valence-electron chi connectivity index (χ3n) is 3.67. The van der Waals surface area contributed by atoms with Crippen molar-refractivity contribution in [1.29, 1.82) is 0 Å². The van der Waals surface area contributed by atoms with Crippen LogP contribution in [0.25, 0.3) is 0 Å². The predicted molar refractivity (Wildman–Crippen MR) is 77.2 cm³/mol. The lowest BCUT2D eigenvalue weighted by atomic mass is 10.0. The molecule has 0 bridgehead atoms. The predicted octanol–water partition coefficient (Wildman–Crippen LogP) is 0.676. The first kappa shape index (κ1) is 15.3. The maximum atomic E-state index is 12.5. The molecular weight excluding hydrogens is 304 g/mol. The number of nitrogens with one attached hydrogen (secondary N) is 1. The van der Waals surface area contributed by atoms with Crippen LogP contribution in [-0.2, 0) is 21.8 Å². The second kappa shape index (κ2) is 5.04. The molecule has 1 atom stereocenters. The maximum Gasteiger partial charge on any atom is 0.330 e. The van der Waals surface area contributed by atoms with Crippen molar-refractivity contribution >= 4 is 21.4 Å². The summed E-state index contributed by atoms with van der Waals surface area (Å²) in [6, 6.07) is 0. The van der Waals surface area contributed by atoms with Gasteiger partial charge in [0.25, 0.3) is 5.56 Å². The molecular formula is C12H17ClN2O4S. The number of aromatic nitrogens is 2. The normalized spacial score (nSPS) is 24.9. The average Bonchev–Trinajstić information content (AvgIpc) is 2.59. The first-order valence-corrected chi connectivity index (χ1v) is 8.65. The second-order valence-electron chi connectivity index (χ2n) is 5.45. The van der Waals surface area contributed by atoms with Gasteiger partial charge in [0.05, 0.1) is 22.6 Å². The molecule has 0 radical (unpaired) electrons. The Morgan fingerprint density at radius 2 is 2.05 bits per heavy atom. The number of aromatic amines is 1. The molecule has 112 valence electrons. The minimum atomic E-state index is -3.22. The molecule has 0 saturated carbocycles. The molecule has 8 heteroatoms. The molecule has 0 spiro atoms. The summed E-state index contributed by atoms with van der Waals surface area (Å²) < 4.78 is 24.4. The first-order chi connectivity index (χ1) is 9.20. The molecule has 1 unspecified atom stereocenters. The average molecular weight is 321 g/mol. The van der Waals surface area contributed by atoms with Crippen LogP contribution in [0.1, 0.15) is 32.3 Å². The summed E-state index contributed by atoms with van der Waals surface area (Å²) >= 11 is 5.91. The highest BCUT2D eigenvalue weighted by Gasteiger charge is 2.42. The van der Waals surface area contributed by atoms with Crippen molar-refractivity contribution < 1.29 is 8.42 Å². The van der Waals surface area contributed by atoms with E-state index < -0.39 is 26.6 Å². The molecule has 1 aliphatic rings. The molecule has 0 amide bonds. The van der Waals surface area contributed by atoms with Crippen LogP contribution in [0.15, 0.2) is 9.59 Å². The second-order valence-corrected chi connectivity index (χ2v) is 8.01. The molecule has 6 nitrogen and oxygen atoms in total.